The lowest BCUT2D eigenvalue weighted by molar-refractivity contribution is 0.151. The average molecular weight is 340 g/mol. The number of benzene rings is 1. The summed E-state index contributed by atoms with van der Waals surface area (Å²) in [7, 11) is 0. The fraction of sp³-hybridized carbons (Fsp3) is 0.389. The van der Waals surface area contributed by atoms with Crippen molar-refractivity contribution in [3.63, 3.8) is 0 Å². The van der Waals surface area contributed by atoms with E-state index in [1.54, 1.807) is 12.1 Å². The quantitative estimate of drug-likeness (QED) is 0.890. The molecular formula is C18H21FN6. The van der Waals surface area contributed by atoms with Crippen LogP contribution in [0.3, 0.4) is 0 Å². The van der Waals surface area contributed by atoms with Gasteiger partial charge in [-0.25, -0.2) is 9.37 Å². The number of nitriles is 1. The summed E-state index contributed by atoms with van der Waals surface area (Å²) >= 11 is 0. The Morgan fingerprint density at radius 2 is 2.12 bits per heavy atom. The number of nitrogens with two attached hydrogens (primary N) is 2. The van der Waals surface area contributed by atoms with Crippen molar-refractivity contribution in [2.24, 2.45) is 0 Å². The highest BCUT2D eigenvalue weighted by Crippen LogP contribution is 2.28. The van der Waals surface area contributed by atoms with Crippen molar-refractivity contribution < 1.29 is 4.39 Å². The highest BCUT2D eigenvalue weighted by atomic mass is 19.1. The molecule has 0 amide bonds. The van der Waals surface area contributed by atoms with Crippen LogP contribution in [0, 0.1) is 17.1 Å². The van der Waals surface area contributed by atoms with Crippen LogP contribution in [-0.4, -0.2) is 27.5 Å². The van der Waals surface area contributed by atoms with E-state index < -0.39 is 0 Å². The third kappa shape index (κ3) is 3.54. The van der Waals surface area contributed by atoms with Crippen LogP contribution in [0.15, 0.2) is 18.2 Å². The maximum Gasteiger partial charge on any atom is 0.222 e. The van der Waals surface area contributed by atoms with Crippen LogP contribution in [0.5, 0.6) is 0 Å². The first kappa shape index (κ1) is 17.1. The predicted octanol–water partition coefficient (Wildman–Crippen LogP) is 2.69. The number of anilines is 2. The van der Waals surface area contributed by atoms with Crippen molar-refractivity contribution in [2.45, 2.75) is 38.8 Å². The standard InChI is InChI=1S/C18H21FN6/c1-11-4-2-3-7-25(11)10-13-6-5-12(8-15(13)19)16-14(9-20)17(21)24-18(22)23-16/h5-6,8,11H,2-4,7,10H2,1H3,(H4,21,22,23,24). The highest BCUT2D eigenvalue weighted by Gasteiger charge is 2.20. The van der Waals surface area contributed by atoms with E-state index in [0.717, 1.165) is 19.4 Å². The second kappa shape index (κ2) is 7.03. The molecule has 1 aromatic carbocycles. The van der Waals surface area contributed by atoms with Gasteiger partial charge in [-0.05, 0) is 32.4 Å². The Morgan fingerprint density at radius 1 is 1.32 bits per heavy atom. The Hall–Kier alpha value is -2.72. The third-order valence-corrected chi connectivity index (χ3v) is 4.71. The summed E-state index contributed by atoms with van der Waals surface area (Å²) in [5.41, 5.74) is 12.8. The van der Waals surface area contributed by atoms with Gasteiger partial charge in [0.2, 0.25) is 5.95 Å². The maximum atomic E-state index is 14.6. The molecule has 130 valence electrons. The first-order valence-corrected chi connectivity index (χ1v) is 8.35. The van der Waals surface area contributed by atoms with E-state index in [-0.39, 0.29) is 28.8 Å². The fourth-order valence-electron chi connectivity index (χ4n) is 3.25. The number of halogens is 1. The summed E-state index contributed by atoms with van der Waals surface area (Å²) in [5, 5.41) is 9.27. The molecule has 1 atom stereocenters. The van der Waals surface area contributed by atoms with Crippen molar-refractivity contribution in [3.8, 4) is 17.3 Å². The molecule has 1 aromatic heterocycles. The topological polar surface area (TPSA) is 105 Å². The smallest absolute Gasteiger partial charge is 0.222 e. The summed E-state index contributed by atoms with van der Waals surface area (Å²) < 4.78 is 14.6. The Kier molecular flexibility index (Phi) is 4.81. The number of rotatable bonds is 3. The third-order valence-electron chi connectivity index (χ3n) is 4.71. The fourth-order valence-corrected chi connectivity index (χ4v) is 3.25. The first-order chi connectivity index (χ1) is 12.0. The van der Waals surface area contributed by atoms with E-state index in [9.17, 15) is 9.65 Å². The molecule has 2 heterocycles. The zero-order valence-corrected chi connectivity index (χ0v) is 14.2. The van der Waals surface area contributed by atoms with Crippen LogP contribution in [0.2, 0.25) is 0 Å². The zero-order chi connectivity index (χ0) is 18.0. The number of nitrogen functional groups attached to an aromatic ring is 2. The van der Waals surface area contributed by atoms with E-state index in [2.05, 4.69) is 21.8 Å². The number of nitrogens with zero attached hydrogens (tertiary/aromatic N) is 4. The summed E-state index contributed by atoms with van der Waals surface area (Å²) in [5.74, 6) is -0.371. The zero-order valence-electron chi connectivity index (χ0n) is 14.2. The number of piperidine rings is 1. The number of likely N-dealkylation sites (tertiary alicyclic amines) is 1. The van der Waals surface area contributed by atoms with Gasteiger partial charge in [-0.1, -0.05) is 18.6 Å². The Bertz CT molecular complexity index is 829. The van der Waals surface area contributed by atoms with Crippen molar-refractivity contribution in [2.75, 3.05) is 18.0 Å². The second-order valence-corrected chi connectivity index (χ2v) is 6.42. The molecule has 1 saturated heterocycles. The van der Waals surface area contributed by atoms with Gasteiger partial charge in [0, 0.05) is 23.7 Å². The van der Waals surface area contributed by atoms with Crippen LogP contribution in [0.1, 0.15) is 37.3 Å². The van der Waals surface area contributed by atoms with Gasteiger partial charge < -0.3 is 11.5 Å². The Balaban J connectivity index is 1.92. The first-order valence-electron chi connectivity index (χ1n) is 8.35. The Morgan fingerprint density at radius 3 is 2.80 bits per heavy atom. The molecule has 0 aliphatic carbocycles. The van der Waals surface area contributed by atoms with E-state index in [0.29, 0.717) is 23.7 Å². The van der Waals surface area contributed by atoms with E-state index in [1.807, 2.05) is 6.07 Å². The number of hydrogen-bond donors (Lipinski definition) is 2. The molecule has 1 fully saturated rings. The van der Waals surface area contributed by atoms with Crippen LogP contribution in [0.4, 0.5) is 16.2 Å². The molecule has 7 heteroatoms. The minimum atomic E-state index is -0.324. The lowest BCUT2D eigenvalue weighted by Gasteiger charge is -2.33. The van der Waals surface area contributed by atoms with Crippen molar-refractivity contribution in [1.29, 1.82) is 5.26 Å². The molecule has 0 bridgehead atoms. The van der Waals surface area contributed by atoms with Gasteiger partial charge in [-0.2, -0.15) is 10.2 Å². The molecular weight excluding hydrogens is 319 g/mol. The maximum absolute atomic E-state index is 14.6. The molecule has 25 heavy (non-hydrogen) atoms. The number of aromatic nitrogens is 2. The monoisotopic (exact) mass is 340 g/mol. The largest absolute Gasteiger partial charge is 0.382 e. The van der Waals surface area contributed by atoms with E-state index >= 15 is 0 Å². The molecule has 2 aromatic rings. The van der Waals surface area contributed by atoms with Gasteiger partial charge >= 0.3 is 0 Å². The van der Waals surface area contributed by atoms with Gasteiger partial charge in [0.1, 0.15) is 23.3 Å². The van der Waals surface area contributed by atoms with Gasteiger partial charge in [0.15, 0.2) is 0 Å². The highest BCUT2D eigenvalue weighted by molar-refractivity contribution is 5.73. The van der Waals surface area contributed by atoms with Crippen LogP contribution in [-0.2, 0) is 6.54 Å². The molecule has 0 radical (unpaired) electrons. The summed E-state index contributed by atoms with van der Waals surface area (Å²) in [4.78, 5) is 10.1. The minimum absolute atomic E-state index is 0.00312. The van der Waals surface area contributed by atoms with Gasteiger partial charge in [-0.3, -0.25) is 4.90 Å². The lowest BCUT2D eigenvalue weighted by atomic mass is 10.0. The molecule has 6 nitrogen and oxygen atoms in total. The Labute approximate surface area is 146 Å². The molecule has 4 N–H and O–H groups in total. The van der Waals surface area contributed by atoms with Crippen molar-refractivity contribution in [3.05, 3.63) is 35.1 Å². The molecule has 1 unspecified atom stereocenters. The predicted molar refractivity (Wildman–Crippen MR) is 94.7 cm³/mol. The number of hydrogen-bond acceptors (Lipinski definition) is 6. The summed E-state index contributed by atoms with van der Waals surface area (Å²) in [6.07, 6.45) is 3.52. The molecule has 3 rings (SSSR count). The normalized spacial score (nSPS) is 18.0. The van der Waals surface area contributed by atoms with E-state index in [4.69, 9.17) is 11.5 Å². The molecule has 0 saturated carbocycles. The minimum Gasteiger partial charge on any atom is -0.382 e. The molecule has 1 aliphatic heterocycles. The van der Waals surface area contributed by atoms with Crippen molar-refractivity contribution >= 4 is 11.8 Å². The van der Waals surface area contributed by atoms with Gasteiger partial charge in [-0.15, -0.1) is 0 Å². The van der Waals surface area contributed by atoms with Crippen LogP contribution < -0.4 is 11.5 Å². The summed E-state index contributed by atoms with van der Waals surface area (Å²) in [6.45, 7) is 3.74. The van der Waals surface area contributed by atoms with Gasteiger partial charge in [0.25, 0.3) is 0 Å². The van der Waals surface area contributed by atoms with Gasteiger partial charge in [0.05, 0.1) is 5.69 Å². The second-order valence-electron chi connectivity index (χ2n) is 6.42. The van der Waals surface area contributed by atoms with Crippen LogP contribution >= 0.6 is 0 Å². The lowest BCUT2D eigenvalue weighted by Crippen LogP contribution is -2.36. The van der Waals surface area contributed by atoms with E-state index in [1.165, 1.54) is 12.5 Å². The average Bonchev–Trinajstić information content (AvgIpc) is 2.58. The summed E-state index contributed by atoms with van der Waals surface area (Å²) in [6, 6.07) is 7.28. The van der Waals surface area contributed by atoms with Crippen molar-refractivity contribution in [1.82, 2.24) is 14.9 Å². The van der Waals surface area contributed by atoms with Crippen LogP contribution in [0.25, 0.3) is 11.3 Å². The molecule has 0 spiro atoms. The molecule has 1 aliphatic rings. The SMILES string of the molecule is CC1CCCCN1Cc1ccc(-c2nc(N)nc(N)c2C#N)cc1F.